The Morgan fingerprint density at radius 1 is 1.19 bits per heavy atom. The summed E-state index contributed by atoms with van der Waals surface area (Å²) < 4.78 is 32.8. The van der Waals surface area contributed by atoms with E-state index in [2.05, 4.69) is 5.32 Å². The monoisotopic (exact) mass is 376 g/mol. The first-order valence-corrected chi connectivity index (χ1v) is 10.3. The summed E-state index contributed by atoms with van der Waals surface area (Å²) in [4.78, 5) is 12.8. The number of rotatable bonds is 5. The Morgan fingerprint density at radius 3 is 2.58 bits per heavy atom. The molecule has 0 radical (unpaired) electrons. The second-order valence-electron chi connectivity index (χ2n) is 6.66. The normalized spacial score (nSPS) is 17.0. The molecule has 1 N–H and O–H groups in total. The molecular weight excluding hydrogens is 352 g/mol. The first-order chi connectivity index (χ1) is 12.4. The summed E-state index contributed by atoms with van der Waals surface area (Å²) in [6, 6.07) is 8.04. The highest BCUT2D eigenvalue weighted by atomic mass is 32.2. The van der Waals surface area contributed by atoms with Gasteiger partial charge in [-0.2, -0.15) is 4.31 Å². The van der Waals surface area contributed by atoms with Crippen molar-refractivity contribution >= 4 is 15.9 Å². The van der Waals surface area contributed by atoms with E-state index in [0.717, 1.165) is 19.3 Å². The van der Waals surface area contributed by atoms with E-state index in [0.29, 0.717) is 30.0 Å². The van der Waals surface area contributed by atoms with E-state index < -0.39 is 10.0 Å². The maximum atomic E-state index is 13.0. The van der Waals surface area contributed by atoms with Crippen molar-refractivity contribution in [3.63, 3.8) is 0 Å². The molecule has 3 rings (SSSR count). The average molecular weight is 376 g/mol. The maximum absolute atomic E-state index is 13.0. The van der Waals surface area contributed by atoms with Crippen LogP contribution < -0.4 is 5.32 Å². The fraction of sp³-hybridized carbons (Fsp3) is 0.421. The molecule has 7 heteroatoms. The Bertz CT molecular complexity index is 869. The van der Waals surface area contributed by atoms with Crippen LogP contribution in [-0.4, -0.2) is 31.7 Å². The number of furan rings is 1. The van der Waals surface area contributed by atoms with Crippen LogP contribution in [0.1, 0.15) is 53.9 Å². The number of sulfonamides is 1. The third-order valence-electron chi connectivity index (χ3n) is 4.70. The zero-order chi connectivity index (χ0) is 18.7. The van der Waals surface area contributed by atoms with Gasteiger partial charge in [0.2, 0.25) is 10.0 Å². The SMILES string of the molecule is Cc1ccc(C(=O)N[C@H](C)c2ccco2)cc1S(=O)(=O)N1CCCCC1. The molecule has 1 saturated heterocycles. The lowest BCUT2D eigenvalue weighted by Crippen LogP contribution is -2.36. The van der Waals surface area contributed by atoms with Gasteiger partial charge in [-0.3, -0.25) is 4.79 Å². The molecule has 1 atom stereocenters. The van der Waals surface area contributed by atoms with Crippen molar-refractivity contribution in [2.75, 3.05) is 13.1 Å². The minimum Gasteiger partial charge on any atom is -0.467 e. The maximum Gasteiger partial charge on any atom is 0.251 e. The molecule has 0 unspecified atom stereocenters. The highest BCUT2D eigenvalue weighted by Gasteiger charge is 2.28. The Kier molecular flexibility index (Phi) is 5.48. The topological polar surface area (TPSA) is 79.6 Å². The summed E-state index contributed by atoms with van der Waals surface area (Å²) in [5, 5.41) is 2.84. The molecule has 2 heterocycles. The van der Waals surface area contributed by atoms with Crippen molar-refractivity contribution in [2.45, 2.75) is 44.0 Å². The molecule has 1 aromatic carbocycles. The smallest absolute Gasteiger partial charge is 0.251 e. The van der Waals surface area contributed by atoms with Crippen LogP contribution in [0.4, 0.5) is 0 Å². The number of nitrogens with zero attached hydrogens (tertiary/aromatic N) is 1. The molecule has 140 valence electrons. The number of benzene rings is 1. The standard InChI is InChI=1S/C19H24N2O4S/c1-14-8-9-16(19(22)20-15(2)17-7-6-12-25-17)13-18(14)26(23,24)21-10-4-3-5-11-21/h6-9,12-13,15H,3-5,10-11H2,1-2H3,(H,20,22)/t15-/m1/s1. The van der Waals surface area contributed by atoms with E-state index in [-0.39, 0.29) is 16.8 Å². The number of carbonyl (C=O) groups is 1. The predicted octanol–water partition coefficient (Wildman–Crippen LogP) is 3.25. The molecule has 2 aromatic rings. The fourth-order valence-corrected chi connectivity index (χ4v) is 4.92. The lowest BCUT2D eigenvalue weighted by molar-refractivity contribution is 0.0935. The van der Waals surface area contributed by atoms with Gasteiger partial charge >= 0.3 is 0 Å². The number of amides is 1. The van der Waals surface area contributed by atoms with Gasteiger partial charge in [-0.1, -0.05) is 12.5 Å². The van der Waals surface area contributed by atoms with Crippen LogP contribution in [0.15, 0.2) is 45.9 Å². The van der Waals surface area contributed by atoms with Crippen molar-refractivity contribution in [2.24, 2.45) is 0 Å². The van der Waals surface area contributed by atoms with Crippen molar-refractivity contribution in [1.29, 1.82) is 0 Å². The molecule has 0 aliphatic carbocycles. The summed E-state index contributed by atoms with van der Waals surface area (Å²) >= 11 is 0. The average Bonchev–Trinajstić information content (AvgIpc) is 3.17. The summed E-state index contributed by atoms with van der Waals surface area (Å²) in [6.45, 7) is 4.64. The van der Waals surface area contributed by atoms with Gasteiger partial charge in [-0.05, 0) is 56.5 Å². The van der Waals surface area contributed by atoms with Crippen molar-refractivity contribution < 1.29 is 17.6 Å². The van der Waals surface area contributed by atoms with Crippen LogP contribution in [0.25, 0.3) is 0 Å². The molecule has 1 fully saturated rings. The van der Waals surface area contributed by atoms with E-state index in [1.807, 2.05) is 6.92 Å². The Balaban J connectivity index is 1.84. The Morgan fingerprint density at radius 2 is 1.92 bits per heavy atom. The molecule has 26 heavy (non-hydrogen) atoms. The van der Waals surface area contributed by atoms with Crippen LogP contribution in [0, 0.1) is 6.92 Å². The van der Waals surface area contributed by atoms with Gasteiger partial charge in [0, 0.05) is 18.7 Å². The summed E-state index contributed by atoms with van der Waals surface area (Å²) in [7, 11) is -3.59. The van der Waals surface area contributed by atoms with Gasteiger partial charge in [0.1, 0.15) is 5.76 Å². The number of piperidine rings is 1. The molecular formula is C19H24N2O4S. The summed E-state index contributed by atoms with van der Waals surface area (Å²) in [5.41, 5.74) is 0.968. The predicted molar refractivity (Wildman–Crippen MR) is 98.4 cm³/mol. The van der Waals surface area contributed by atoms with E-state index >= 15 is 0 Å². The van der Waals surface area contributed by atoms with Crippen LogP contribution in [0.3, 0.4) is 0 Å². The van der Waals surface area contributed by atoms with Crippen LogP contribution in [-0.2, 0) is 10.0 Å². The summed E-state index contributed by atoms with van der Waals surface area (Å²) in [6.07, 6.45) is 4.35. The molecule has 1 aliphatic heterocycles. The molecule has 1 amide bonds. The molecule has 1 aliphatic rings. The zero-order valence-corrected chi connectivity index (χ0v) is 15.9. The second-order valence-corrected chi connectivity index (χ2v) is 8.56. The van der Waals surface area contributed by atoms with Crippen molar-refractivity contribution in [1.82, 2.24) is 9.62 Å². The van der Waals surface area contributed by atoms with Gasteiger partial charge in [0.25, 0.3) is 5.91 Å². The number of hydrogen-bond donors (Lipinski definition) is 1. The Hall–Kier alpha value is -2.12. The highest BCUT2D eigenvalue weighted by Crippen LogP contribution is 2.24. The Labute approximate surface area is 154 Å². The van der Waals surface area contributed by atoms with Gasteiger partial charge < -0.3 is 9.73 Å². The minimum absolute atomic E-state index is 0.206. The van der Waals surface area contributed by atoms with Crippen LogP contribution in [0.5, 0.6) is 0 Å². The fourth-order valence-electron chi connectivity index (χ4n) is 3.15. The number of aryl methyl sites for hydroxylation is 1. The van der Waals surface area contributed by atoms with Gasteiger partial charge in [0.05, 0.1) is 17.2 Å². The zero-order valence-electron chi connectivity index (χ0n) is 15.1. The quantitative estimate of drug-likeness (QED) is 0.869. The van der Waals surface area contributed by atoms with Gasteiger partial charge in [-0.15, -0.1) is 0 Å². The largest absolute Gasteiger partial charge is 0.467 e. The van der Waals surface area contributed by atoms with Crippen molar-refractivity contribution in [3.05, 3.63) is 53.5 Å². The highest BCUT2D eigenvalue weighted by molar-refractivity contribution is 7.89. The summed E-state index contributed by atoms with van der Waals surface area (Å²) in [5.74, 6) is 0.315. The molecule has 0 saturated carbocycles. The second kappa shape index (κ2) is 7.63. The molecule has 0 spiro atoms. The van der Waals surface area contributed by atoms with Crippen LogP contribution in [0.2, 0.25) is 0 Å². The molecule has 6 nitrogen and oxygen atoms in total. The minimum atomic E-state index is -3.59. The van der Waals surface area contributed by atoms with Crippen LogP contribution >= 0.6 is 0 Å². The van der Waals surface area contributed by atoms with Gasteiger partial charge in [-0.25, -0.2) is 8.42 Å². The molecule has 1 aromatic heterocycles. The molecule has 0 bridgehead atoms. The first kappa shape index (κ1) is 18.7. The number of hydrogen-bond acceptors (Lipinski definition) is 4. The number of carbonyl (C=O) groups excluding carboxylic acids is 1. The van der Waals surface area contributed by atoms with E-state index in [4.69, 9.17) is 4.42 Å². The van der Waals surface area contributed by atoms with E-state index in [1.165, 1.54) is 10.4 Å². The van der Waals surface area contributed by atoms with E-state index in [9.17, 15) is 13.2 Å². The van der Waals surface area contributed by atoms with Crippen molar-refractivity contribution in [3.8, 4) is 0 Å². The third kappa shape index (κ3) is 3.83. The number of nitrogens with one attached hydrogen (secondary N) is 1. The lowest BCUT2D eigenvalue weighted by Gasteiger charge is -2.26. The lowest BCUT2D eigenvalue weighted by atomic mass is 10.1. The third-order valence-corrected chi connectivity index (χ3v) is 6.74. The first-order valence-electron chi connectivity index (χ1n) is 8.84. The van der Waals surface area contributed by atoms with E-state index in [1.54, 1.807) is 37.5 Å². The van der Waals surface area contributed by atoms with Gasteiger partial charge in [0.15, 0.2) is 0 Å².